The molecule has 0 saturated carbocycles. The summed E-state index contributed by atoms with van der Waals surface area (Å²) in [5, 5.41) is 0. The number of hydrogen-bond donors (Lipinski definition) is 0. The number of hydrogen-bond acceptors (Lipinski definition) is 12. The average Bonchev–Trinajstić information content (AvgIpc) is 2.79. The van der Waals surface area contributed by atoms with Crippen LogP contribution >= 0.6 is 0 Å². The molecular weight excluding hydrogens is 520 g/mol. The van der Waals surface area contributed by atoms with E-state index in [1.807, 2.05) is 0 Å². The predicted octanol–water partition coefficient (Wildman–Crippen LogP) is 1.60. The monoisotopic (exact) mass is 556 g/mol. The third kappa shape index (κ3) is 6.18. The van der Waals surface area contributed by atoms with Gasteiger partial charge in [0.2, 0.25) is 0 Å². The molecule has 0 unspecified atom stereocenters. The van der Waals surface area contributed by atoms with Crippen LogP contribution in [0.25, 0.3) is 0 Å². The Bertz CT molecular complexity index is 864. The minimum atomic E-state index is -4.66. The minimum absolute atomic E-state index is 0.0111. The van der Waals surface area contributed by atoms with Crippen LogP contribution in [0.1, 0.15) is 79.1 Å². The van der Waals surface area contributed by atoms with Gasteiger partial charge in [0.1, 0.15) is 0 Å². The molecule has 0 aliphatic carbocycles. The van der Waals surface area contributed by atoms with E-state index >= 15 is 0 Å². The molecular formula is C22H36O12S2. The van der Waals surface area contributed by atoms with Crippen LogP contribution in [0, 0.1) is 0 Å². The lowest BCUT2D eigenvalue weighted by atomic mass is 10.1. The average molecular weight is 557 g/mol. The Morgan fingerprint density at radius 3 is 0.833 bits per heavy atom. The standard InChI is InChI=1S/C22H36O12S2/c1-5-31-17(23)9-13-21(14-10-18(24)32-6-2)35(27,28)22(36(21,29)30,15-11-19(25)33-7-3)16-12-20(26)34-8-4/h5-16H2,1-4H3. The molecule has 1 aliphatic rings. The Morgan fingerprint density at radius 1 is 0.472 bits per heavy atom. The summed E-state index contributed by atoms with van der Waals surface area (Å²) in [4.78, 5) is 48.0. The summed E-state index contributed by atoms with van der Waals surface area (Å²) in [6, 6.07) is 0. The van der Waals surface area contributed by atoms with Crippen molar-refractivity contribution < 1.29 is 55.0 Å². The van der Waals surface area contributed by atoms with E-state index in [-0.39, 0.29) is 26.4 Å². The Labute approximate surface area is 212 Å². The molecule has 1 saturated heterocycles. The van der Waals surface area contributed by atoms with Gasteiger partial charge in [0, 0.05) is 25.7 Å². The zero-order valence-corrected chi connectivity index (χ0v) is 22.8. The van der Waals surface area contributed by atoms with Crippen LogP contribution in [-0.4, -0.2) is 75.3 Å². The number of carbonyl (C=O) groups is 4. The molecule has 0 atom stereocenters. The molecule has 0 aromatic carbocycles. The number of carbonyl (C=O) groups excluding carboxylic acids is 4. The van der Waals surface area contributed by atoms with Crippen molar-refractivity contribution in [2.24, 2.45) is 0 Å². The third-order valence-corrected chi connectivity index (χ3v) is 14.2. The molecule has 1 rings (SSSR count). The van der Waals surface area contributed by atoms with Crippen LogP contribution < -0.4 is 0 Å². The molecule has 0 N–H and O–H groups in total. The summed E-state index contributed by atoms with van der Waals surface area (Å²) in [6.07, 6.45) is -4.68. The van der Waals surface area contributed by atoms with Crippen molar-refractivity contribution in [1.29, 1.82) is 0 Å². The largest absolute Gasteiger partial charge is 0.466 e. The van der Waals surface area contributed by atoms with Crippen molar-refractivity contribution in [3.63, 3.8) is 0 Å². The van der Waals surface area contributed by atoms with Crippen LogP contribution in [-0.2, 0) is 57.8 Å². The lowest BCUT2D eigenvalue weighted by molar-refractivity contribution is -0.144. The molecule has 12 nitrogen and oxygen atoms in total. The first-order valence-electron chi connectivity index (χ1n) is 11.9. The second-order valence-electron chi connectivity index (χ2n) is 8.05. The van der Waals surface area contributed by atoms with Gasteiger partial charge in [-0.25, -0.2) is 16.8 Å². The van der Waals surface area contributed by atoms with E-state index in [4.69, 9.17) is 18.9 Å². The highest BCUT2D eigenvalue weighted by atomic mass is 32.3. The Hall–Kier alpha value is -2.22. The SMILES string of the molecule is CCOC(=O)CCC1(CCC(=O)OCC)S(=O)(=O)C(CCC(=O)OCC)(CCC(=O)OCC)S1(=O)=O. The van der Waals surface area contributed by atoms with E-state index in [0.717, 1.165) is 0 Å². The topological polar surface area (TPSA) is 173 Å². The van der Waals surface area contributed by atoms with Crippen molar-refractivity contribution in [3.8, 4) is 0 Å². The summed E-state index contributed by atoms with van der Waals surface area (Å²) in [5.74, 6) is -3.19. The van der Waals surface area contributed by atoms with Gasteiger partial charge in [-0.05, 0) is 53.4 Å². The number of esters is 4. The van der Waals surface area contributed by atoms with Gasteiger partial charge in [-0.1, -0.05) is 0 Å². The van der Waals surface area contributed by atoms with Gasteiger partial charge in [-0.15, -0.1) is 0 Å². The maximum Gasteiger partial charge on any atom is 0.305 e. The second-order valence-corrected chi connectivity index (χ2v) is 13.7. The number of ether oxygens (including phenoxy) is 4. The van der Waals surface area contributed by atoms with Crippen molar-refractivity contribution in [3.05, 3.63) is 0 Å². The van der Waals surface area contributed by atoms with E-state index < -0.39 is 103 Å². The highest BCUT2D eigenvalue weighted by Gasteiger charge is 2.80. The zero-order chi connectivity index (χ0) is 27.6. The molecule has 14 heteroatoms. The lowest BCUT2D eigenvalue weighted by Crippen LogP contribution is -2.74. The summed E-state index contributed by atoms with van der Waals surface area (Å²) in [6.45, 7) is 6.22. The minimum Gasteiger partial charge on any atom is -0.466 e. The first-order chi connectivity index (χ1) is 16.8. The number of sulfone groups is 2. The fourth-order valence-electron chi connectivity index (χ4n) is 4.36. The predicted molar refractivity (Wildman–Crippen MR) is 127 cm³/mol. The highest BCUT2D eigenvalue weighted by molar-refractivity contribution is 8.27. The molecule has 0 aromatic rings. The van der Waals surface area contributed by atoms with Crippen molar-refractivity contribution in [2.75, 3.05) is 26.4 Å². The van der Waals surface area contributed by atoms with E-state index in [2.05, 4.69) is 0 Å². The fraction of sp³-hybridized carbons (Fsp3) is 0.818. The van der Waals surface area contributed by atoms with Crippen LogP contribution in [0.4, 0.5) is 0 Å². The van der Waals surface area contributed by atoms with Crippen molar-refractivity contribution >= 4 is 43.6 Å². The van der Waals surface area contributed by atoms with Gasteiger partial charge in [-0.3, -0.25) is 19.2 Å². The van der Waals surface area contributed by atoms with E-state index in [0.29, 0.717) is 0 Å². The van der Waals surface area contributed by atoms with Crippen LogP contribution in [0.5, 0.6) is 0 Å². The molecule has 0 radical (unpaired) electrons. The third-order valence-electron chi connectivity index (χ3n) is 6.02. The molecule has 0 aromatic heterocycles. The summed E-state index contributed by atoms with van der Waals surface area (Å²) < 4.78 is 70.0. The van der Waals surface area contributed by atoms with Crippen LogP contribution in [0.15, 0.2) is 0 Å². The van der Waals surface area contributed by atoms with E-state index in [1.165, 1.54) is 0 Å². The van der Waals surface area contributed by atoms with Gasteiger partial charge >= 0.3 is 23.9 Å². The maximum atomic E-state index is 13.9. The first kappa shape index (κ1) is 31.8. The normalized spacial score (nSPS) is 18.3. The van der Waals surface area contributed by atoms with Gasteiger partial charge in [0.25, 0.3) is 0 Å². The Morgan fingerprint density at radius 2 is 0.667 bits per heavy atom. The quantitative estimate of drug-likeness (QED) is 0.199. The molecule has 0 amide bonds. The van der Waals surface area contributed by atoms with Gasteiger partial charge < -0.3 is 18.9 Å². The Kier molecular flexibility index (Phi) is 11.8. The smallest absolute Gasteiger partial charge is 0.305 e. The fourth-order valence-corrected chi connectivity index (χ4v) is 12.3. The van der Waals surface area contributed by atoms with Crippen LogP contribution in [0.2, 0.25) is 0 Å². The van der Waals surface area contributed by atoms with E-state index in [1.54, 1.807) is 27.7 Å². The lowest BCUT2D eigenvalue weighted by Gasteiger charge is -2.54. The number of rotatable bonds is 16. The second kappa shape index (κ2) is 13.4. The molecule has 1 heterocycles. The van der Waals surface area contributed by atoms with Gasteiger partial charge in [-0.2, -0.15) is 0 Å². The van der Waals surface area contributed by atoms with Crippen LogP contribution in [0.3, 0.4) is 0 Å². The first-order valence-corrected chi connectivity index (χ1v) is 14.9. The van der Waals surface area contributed by atoms with Crippen molar-refractivity contribution in [2.45, 2.75) is 87.2 Å². The maximum absolute atomic E-state index is 13.9. The Balaban J connectivity index is 3.51. The molecule has 0 spiro atoms. The summed E-state index contributed by atoms with van der Waals surface area (Å²) in [5.41, 5.74) is 0. The van der Waals surface area contributed by atoms with Gasteiger partial charge in [0.05, 0.1) is 26.4 Å². The molecule has 208 valence electrons. The van der Waals surface area contributed by atoms with Gasteiger partial charge in [0.15, 0.2) is 27.8 Å². The molecule has 1 fully saturated rings. The molecule has 36 heavy (non-hydrogen) atoms. The highest BCUT2D eigenvalue weighted by Crippen LogP contribution is 2.60. The van der Waals surface area contributed by atoms with E-state index in [9.17, 15) is 36.0 Å². The van der Waals surface area contributed by atoms with Crippen molar-refractivity contribution in [1.82, 2.24) is 0 Å². The zero-order valence-electron chi connectivity index (χ0n) is 21.2. The molecule has 1 aliphatic heterocycles. The summed E-state index contributed by atoms with van der Waals surface area (Å²) in [7, 11) is -9.31. The molecule has 0 bridgehead atoms. The summed E-state index contributed by atoms with van der Waals surface area (Å²) >= 11 is 0.